The van der Waals surface area contributed by atoms with Crippen LogP contribution in [0.2, 0.25) is 0 Å². The molecule has 1 aliphatic rings. The van der Waals surface area contributed by atoms with E-state index in [1.165, 1.54) is 0 Å². The fraction of sp³-hybridized carbons (Fsp3) is 0.360. The number of nitrogens with one attached hydrogen (secondary N) is 1. The molecule has 3 aromatic rings. The number of pyridine rings is 1. The minimum Gasteiger partial charge on any atom is -0.493 e. The second-order valence-corrected chi connectivity index (χ2v) is 8.17. The van der Waals surface area contributed by atoms with E-state index in [2.05, 4.69) is 10.3 Å². The number of hydrogen-bond acceptors (Lipinski definition) is 5. The number of benzene rings is 2. The van der Waals surface area contributed by atoms with Gasteiger partial charge >= 0.3 is 0 Å². The van der Waals surface area contributed by atoms with Crippen LogP contribution in [0.15, 0.2) is 48.7 Å². The molecule has 162 valence electrons. The van der Waals surface area contributed by atoms with Crippen LogP contribution < -0.4 is 19.5 Å². The number of amides is 1. The van der Waals surface area contributed by atoms with Crippen molar-refractivity contribution in [2.24, 2.45) is 5.92 Å². The summed E-state index contributed by atoms with van der Waals surface area (Å²) < 4.78 is 17.8. The first kappa shape index (κ1) is 21.0. The molecule has 0 saturated carbocycles. The molecule has 2 heterocycles. The maximum atomic E-state index is 11.6. The van der Waals surface area contributed by atoms with Gasteiger partial charge in [-0.05, 0) is 68.3 Å². The molecule has 6 nitrogen and oxygen atoms in total. The van der Waals surface area contributed by atoms with E-state index in [1.54, 1.807) is 13.3 Å². The van der Waals surface area contributed by atoms with Crippen LogP contribution in [-0.4, -0.2) is 36.8 Å². The first-order valence-electron chi connectivity index (χ1n) is 10.6. The first-order valence-corrected chi connectivity index (χ1v) is 10.6. The monoisotopic (exact) mass is 420 g/mol. The number of carbonyl (C=O) groups is 1. The van der Waals surface area contributed by atoms with Gasteiger partial charge in [-0.1, -0.05) is 6.07 Å². The van der Waals surface area contributed by atoms with Crippen molar-refractivity contribution < 1.29 is 19.0 Å². The summed E-state index contributed by atoms with van der Waals surface area (Å²) >= 11 is 0. The van der Waals surface area contributed by atoms with Crippen molar-refractivity contribution >= 4 is 16.8 Å². The van der Waals surface area contributed by atoms with Crippen LogP contribution in [0, 0.1) is 5.92 Å². The normalized spacial score (nSPS) is 16.9. The zero-order valence-electron chi connectivity index (χ0n) is 18.3. The van der Waals surface area contributed by atoms with Gasteiger partial charge in [-0.2, -0.15) is 0 Å². The molecule has 2 atom stereocenters. The number of rotatable bonds is 7. The fourth-order valence-corrected chi connectivity index (χ4v) is 3.87. The average Bonchev–Trinajstić information content (AvgIpc) is 3.20. The number of aromatic nitrogens is 1. The van der Waals surface area contributed by atoms with Crippen LogP contribution in [0.3, 0.4) is 0 Å². The molecule has 1 N–H and O–H groups in total. The van der Waals surface area contributed by atoms with Gasteiger partial charge in [-0.3, -0.25) is 9.78 Å². The van der Waals surface area contributed by atoms with Gasteiger partial charge in [0.25, 0.3) is 0 Å². The van der Waals surface area contributed by atoms with Gasteiger partial charge in [-0.25, -0.2) is 0 Å². The van der Waals surface area contributed by atoms with Gasteiger partial charge in [-0.15, -0.1) is 0 Å². The second kappa shape index (κ2) is 8.84. The van der Waals surface area contributed by atoms with Gasteiger partial charge in [0.2, 0.25) is 5.91 Å². The summed E-state index contributed by atoms with van der Waals surface area (Å²) in [6.07, 6.45) is 2.22. The Morgan fingerprint density at radius 2 is 1.81 bits per heavy atom. The van der Waals surface area contributed by atoms with Crippen LogP contribution in [0.1, 0.15) is 27.2 Å². The predicted molar refractivity (Wildman–Crippen MR) is 121 cm³/mol. The van der Waals surface area contributed by atoms with Gasteiger partial charge in [0.15, 0.2) is 11.5 Å². The molecule has 0 radical (unpaired) electrons. The quantitative estimate of drug-likeness (QED) is 0.605. The van der Waals surface area contributed by atoms with Crippen molar-refractivity contribution in [1.29, 1.82) is 0 Å². The molecule has 1 aromatic heterocycles. The third-order valence-electron chi connectivity index (χ3n) is 5.53. The topological polar surface area (TPSA) is 69.7 Å². The molecule has 6 heteroatoms. The number of hydrogen-bond donors (Lipinski definition) is 1. The van der Waals surface area contributed by atoms with Crippen LogP contribution >= 0.6 is 0 Å². The van der Waals surface area contributed by atoms with E-state index in [9.17, 15) is 4.79 Å². The predicted octanol–water partition coefficient (Wildman–Crippen LogP) is 4.60. The maximum Gasteiger partial charge on any atom is 0.220 e. The highest BCUT2D eigenvalue weighted by atomic mass is 16.5. The summed E-state index contributed by atoms with van der Waals surface area (Å²) in [6.45, 7) is 6.63. The summed E-state index contributed by atoms with van der Waals surface area (Å²) in [7, 11) is 1.64. The largest absolute Gasteiger partial charge is 0.493 e. The second-order valence-electron chi connectivity index (χ2n) is 8.17. The standard InChI is InChI=1S/C25H28N2O4/c1-15(2)30-22-8-7-17(11-24(22)29-4)18-10-21-20(6-5-9-26-21)23(12-18)31-16(3)19-13-25(28)27-14-19/h5-12,15-16,19H,13-14H2,1-4H3,(H,27,28)/t16-,19-/m1/s1. The van der Waals surface area contributed by atoms with Crippen molar-refractivity contribution in [2.45, 2.75) is 39.4 Å². The molecule has 4 rings (SSSR count). The average molecular weight is 421 g/mol. The molecule has 1 aliphatic heterocycles. The van der Waals surface area contributed by atoms with Gasteiger partial charge in [0, 0.05) is 30.5 Å². The Bertz CT molecular complexity index is 1100. The molecule has 0 spiro atoms. The summed E-state index contributed by atoms with van der Waals surface area (Å²) in [5.41, 5.74) is 2.81. The Hall–Kier alpha value is -3.28. The first-order chi connectivity index (χ1) is 14.9. The summed E-state index contributed by atoms with van der Waals surface area (Å²) in [5, 5.41) is 3.83. The van der Waals surface area contributed by atoms with Crippen LogP contribution in [0.5, 0.6) is 17.2 Å². The highest BCUT2D eigenvalue weighted by molar-refractivity contribution is 5.90. The van der Waals surface area contributed by atoms with E-state index in [0.717, 1.165) is 27.8 Å². The Labute approximate surface area is 182 Å². The minimum atomic E-state index is -0.103. The van der Waals surface area contributed by atoms with E-state index < -0.39 is 0 Å². The van der Waals surface area contributed by atoms with E-state index in [4.69, 9.17) is 14.2 Å². The lowest BCUT2D eigenvalue weighted by Crippen LogP contribution is -2.25. The minimum absolute atomic E-state index is 0.0584. The molecule has 31 heavy (non-hydrogen) atoms. The van der Waals surface area contributed by atoms with Crippen LogP contribution in [-0.2, 0) is 4.79 Å². The van der Waals surface area contributed by atoms with Crippen molar-refractivity contribution in [3.63, 3.8) is 0 Å². The Morgan fingerprint density at radius 1 is 1.00 bits per heavy atom. The smallest absolute Gasteiger partial charge is 0.220 e. The number of carbonyl (C=O) groups excluding carboxylic acids is 1. The Balaban J connectivity index is 1.71. The molecular formula is C25H28N2O4. The van der Waals surface area contributed by atoms with E-state index in [-0.39, 0.29) is 24.0 Å². The number of methoxy groups -OCH3 is 1. The van der Waals surface area contributed by atoms with Gasteiger partial charge < -0.3 is 19.5 Å². The number of nitrogens with zero attached hydrogens (tertiary/aromatic N) is 1. The van der Waals surface area contributed by atoms with E-state index in [0.29, 0.717) is 24.5 Å². The molecule has 1 amide bonds. The van der Waals surface area contributed by atoms with Crippen molar-refractivity contribution in [3.05, 3.63) is 48.7 Å². The highest BCUT2D eigenvalue weighted by Gasteiger charge is 2.28. The lowest BCUT2D eigenvalue weighted by Gasteiger charge is -2.21. The highest BCUT2D eigenvalue weighted by Crippen LogP contribution is 2.37. The third-order valence-corrected chi connectivity index (χ3v) is 5.53. The fourth-order valence-electron chi connectivity index (χ4n) is 3.87. The maximum absolute atomic E-state index is 11.6. The zero-order chi connectivity index (χ0) is 22.0. The van der Waals surface area contributed by atoms with Crippen molar-refractivity contribution in [1.82, 2.24) is 10.3 Å². The lowest BCUT2D eigenvalue weighted by atomic mass is 10.0. The van der Waals surface area contributed by atoms with Crippen LogP contribution in [0.4, 0.5) is 0 Å². The third kappa shape index (κ3) is 4.58. The summed E-state index contributed by atoms with van der Waals surface area (Å²) in [4.78, 5) is 16.2. The molecule has 0 bridgehead atoms. The van der Waals surface area contributed by atoms with Gasteiger partial charge in [0.05, 0.1) is 18.7 Å². The SMILES string of the molecule is COc1cc(-c2cc(O[C@H](C)[C@H]3CNC(=O)C3)c3cccnc3c2)ccc1OC(C)C. The Kier molecular flexibility index (Phi) is 5.98. The molecule has 0 aliphatic carbocycles. The van der Waals surface area contributed by atoms with E-state index in [1.807, 2.05) is 63.2 Å². The summed E-state index contributed by atoms with van der Waals surface area (Å²) in [6, 6.07) is 13.9. The van der Waals surface area contributed by atoms with Crippen molar-refractivity contribution in [2.75, 3.05) is 13.7 Å². The zero-order valence-corrected chi connectivity index (χ0v) is 18.3. The molecule has 1 saturated heterocycles. The molecule has 0 unspecified atom stereocenters. The van der Waals surface area contributed by atoms with Gasteiger partial charge in [0.1, 0.15) is 11.9 Å². The molecular weight excluding hydrogens is 392 g/mol. The van der Waals surface area contributed by atoms with Crippen LogP contribution in [0.25, 0.3) is 22.0 Å². The number of fused-ring (bicyclic) bond motifs is 1. The molecule has 2 aromatic carbocycles. The van der Waals surface area contributed by atoms with Crippen molar-refractivity contribution in [3.8, 4) is 28.4 Å². The van der Waals surface area contributed by atoms with E-state index >= 15 is 0 Å². The molecule has 1 fully saturated rings. The lowest BCUT2D eigenvalue weighted by molar-refractivity contribution is -0.119. The number of ether oxygens (including phenoxy) is 3. The summed E-state index contributed by atoms with van der Waals surface area (Å²) in [5.74, 6) is 2.38. The Morgan fingerprint density at radius 3 is 2.52 bits per heavy atom.